The van der Waals surface area contributed by atoms with E-state index < -0.39 is 10.0 Å². The number of nitrogens with two attached hydrogens (primary N) is 1. The number of rotatable bonds is 3. The standard InChI is InChI=1S/C13H25N5O2S/c1-13(2,3)18-7-5-10(6-8-18)16-21(19,20)11-9-17(4)15-12(11)14/h9-10,16H,5-8H2,1-4H3,(H2,14,15). The third-order valence-electron chi connectivity index (χ3n) is 3.88. The lowest BCUT2D eigenvalue weighted by molar-refractivity contribution is 0.100. The number of piperidine rings is 1. The molecule has 0 atom stereocenters. The summed E-state index contributed by atoms with van der Waals surface area (Å²) in [7, 11) is -1.95. The van der Waals surface area contributed by atoms with E-state index in [1.807, 2.05) is 0 Å². The summed E-state index contributed by atoms with van der Waals surface area (Å²) in [6.07, 6.45) is 3.04. The van der Waals surface area contributed by atoms with Crippen molar-refractivity contribution in [2.24, 2.45) is 7.05 Å². The molecule has 1 fully saturated rings. The van der Waals surface area contributed by atoms with E-state index in [9.17, 15) is 8.42 Å². The molecule has 0 unspecified atom stereocenters. The van der Waals surface area contributed by atoms with Gasteiger partial charge in [0, 0.05) is 37.9 Å². The lowest BCUT2D eigenvalue weighted by Gasteiger charge is -2.40. The normalized spacial score (nSPS) is 19.0. The number of anilines is 1. The lowest BCUT2D eigenvalue weighted by Crippen LogP contribution is -2.50. The van der Waals surface area contributed by atoms with Crippen LogP contribution in [0.5, 0.6) is 0 Å². The van der Waals surface area contributed by atoms with E-state index in [1.165, 1.54) is 10.9 Å². The van der Waals surface area contributed by atoms with Gasteiger partial charge in [-0.2, -0.15) is 5.10 Å². The van der Waals surface area contributed by atoms with Gasteiger partial charge in [-0.25, -0.2) is 13.1 Å². The van der Waals surface area contributed by atoms with Crippen molar-refractivity contribution in [3.63, 3.8) is 0 Å². The molecule has 1 aliphatic heterocycles. The Morgan fingerprint density at radius 2 is 1.90 bits per heavy atom. The number of nitrogens with one attached hydrogen (secondary N) is 1. The molecule has 2 heterocycles. The molecule has 1 aliphatic rings. The van der Waals surface area contributed by atoms with E-state index in [0.717, 1.165) is 25.9 Å². The lowest BCUT2D eigenvalue weighted by atomic mass is 9.99. The molecular weight excluding hydrogens is 290 g/mol. The second-order valence-electron chi connectivity index (χ2n) is 6.61. The molecule has 21 heavy (non-hydrogen) atoms. The first-order chi connectivity index (χ1) is 9.59. The van der Waals surface area contributed by atoms with Crippen molar-refractivity contribution in [2.75, 3.05) is 18.8 Å². The van der Waals surface area contributed by atoms with Crippen LogP contribution in [-0.4, -0.2) is 47.8 Å². The number of aryl methyl sites for hydroxylation is 1. The second kappa shape index (κ2) is 5.58. The van der Waals surface area contributed by atoms with Crippen molar-refractivity contribution < 1.29 is 8.42 Å². The maximum absolute atomic E-state index is 12.4. The molecule has 0 saturated carbocycles. The molecule has 0 aromatic carbocycles. The summed E-state index contributed by atoms with van der Waals surface area (Å²) in [5.74, 6) is 0.0390. The number of hydrogen-bond acceptors (Lipinski definition) is 5. The van der Waals surface area contributed by atoms with Gasteiger partial charge in [0.05, 0.1) is 0 Å². The molecule has 0 aliphatic carbocycles. The molecule has 0 radical (unpaired) electrons. The Kier molecular flexibility index (Phi) is 4.32. The number of aromatic nitrogens is 2. The zero-order valence-electron chi connectivity index (χ0n) is 13.1. The van der Waals surface area contributed by atoms with Crippen LogP contribution in [-0.2, 0) is 17.1 Å². The maximum Gasteiger partial charge on any atom is 0.246 e. The Morgan fingerprint density at radius 3 is 2.33 bits per heavy atom. The number of likely N-dealkylation sites (tertiary alicyclic amines) is 1. The highest BCUT2D eigenvalue weighted by Gasteiger charge is 2.30. The van der Waals surface area contributed by atoms with Gasteiger partial charge in [0.2, 0.25) is 10.0 Å². The van der Waals surface area contributed by atoms with Gasteiger partial charge < -0.3 is 5.73 Å². The van der Waals surface area contributed by atoms with Crippen LogP contribution in [0.1, 0.15) is 33.6 Å². The minimum absolute atomic E-state index is 0.0390. The summed E-state index contributed by atoms with van der Waals surface area (Å²) in [5, 5.41) is 3.88. The highest BCUT2D eigenvalue weighted by atomic mass is 32.2. The molecular formula is C13H25N5O2S. The third kappa shape index (κ3) is 3.75. The first kappa shape index (κ1) is 16.3. The van der Waals surface area contributed by atoms with Gasteiger partial charge in [-0.15, -0.1) is 0 Å². The molecule has 1 aromatic rings. The minimum atomic E-state index is -3.60. The van der Waals surface area contributed by atoms with E-state index >= 15 is 0 Å². The van der Waals surface area contributed by atoms with Crippen LogP contribution < -0.4 is 10.5 Å². The number of nitrogen functional groups attached to an aromatic ring is 1. The van der Waals surface area contributed by atoms with Gasteiger partial charge in [-0.1, -0.05) is 0 Å². The van der Waals surface area contributed by atoms with Crippen molar-refractivity contribution in [1.82, 2.24) is 19.4 Å². The summed E-state index contributed by atoms with van der Waals surface area (Å²) in [4.78, 5) is 2.43. The smallest absolute Gasteiger partial charge is 0.246 e. The van der Waals surface area contributed by atoms with Crippen LogP contribution in [0.4, 0.5) is 5.82 Å². The predicted octanol–water partition coefficient (Wildman–Crippen LogP) is 0.544. The van der Waals surface area contributed by atoms with Gasteiger partial charge in [0.15, 0.2) is 5.82 Å². The second-order valence-corrected chi connectivity index (χ2v) is 8.29. The summed E-state index contributed by atoms with van der Waals surface area (Å²) < 4.78 is 28.9. The van der Waals surface area contributed by atoms with Crippen LogP contribution in [0.15, 0.2) is 11.1 Å². The monoisotopic (exact) mass is 315 g/mol. The van der Waals surface area contributed by atoms with E-state index in [0.29, 0.717) is 0 Å². The van der Waals surface area contributed by atoms with Crippen molar-refractivity contribution >= 4 is 15.8 Å². The highest BCUT2D eigenvalue weighted by molar-refractivity contribution is 7.89. The van der Waals surface area contributed by atoms with Crippen molar-refractivity contribution in [3.8, 4) is 0 Å². The Bertz CT molecular complexity index is 595. The zero-order valence-corrected chi connectivity index (χ0v) is 13.9. The highest BCUT2D eigenvalue weighted by Crippen LogP contribution is 2.22. The number of sulfonamides is 1. The molecule has 1 aromatic heterocycles. The molecule has 8 heteroatoms. The molecule has 7 nitrogen and oxygen atoms in total. The average Bonchev–Trinajstić information content (AvgIpc) is 2.68. The topological polar surface area (TPSA) is 93.2 Å². The largest absolute Gasteiger partial charge is 0.381 e. The average molecular weight is 315 g/mol. The summed E-state index contributed by atoms with van der Waals surface area (Å²) in [6, 6.07) is -0.0480. The van der Waals surface area contributed by atoms with Crippen LogP contribution in [0.3, 0.4) is 0 Å². The molecule has 0 spiro atoms. The Balaban J connectivity index is 2.02. The Hall–Kier alpha value is -1.12. The van der Waals surface area contributed by atoms with Crippen molar-refractivity contribution in [3.05, 3.63) is 6.20 Å². The molecule has 0 amide bonds. The van der Waals surface area contributed by atoms with Gasteiger partial charge in [0.25, 0.3) is 0 Å². The summed E-state index contributed by atoms with van der Waals surface area (Å²) in [5.41, 5.74) is 5.78. The van der Waals surface area contributed by atoms with Crippen LogP contribution in [0, 0.1) is 0 Å². The fourth-order valence-electron chi connectivity index (χ4n) is 2.64. The molecule has 0 bridgehead atoms. The van der Waals surface area contributed by atoms with Gasteiger partial charge in [-0.3, -0.25) is 9.58 Å². The van der Waals surface area contributed by atoms with Crippen molar-refractivity contribution in [2.45, 2.75) is 50.1 Å². The predicted molar refractivity (Wildman–Crippen MR) is 82.3 cm³/mol. The van der Waals surface area contributed by atoms with E-state index in [4.69, 9.17) is 5.73 Å². The first-order valence-corrected chi connectivity index (χ1v) is 8.64. The molecule has 1 saturated heterocycles. The third-order valence-corrected chi connectivity index (χ3v) is 5.41. The fraction of sp³-hybridized carbons (Fsp3) is 0.769. The molecule has 2 rings (SSSR count). The van der Waals surface area contributed by atoms with Gasteiger partial charge in [-0.05, 0) is 33.6 Å². The Morgan fingerprint density at radius 1 is 1.33 bits per heavy atom. The summed E-state index contributed by atoms with van der Waals surface area (Å²) in [6.45, 7) is 8.30. The van der Waals surface area contributed by atoms with Gasteiger partial charge >= 0.3 is 0 Å². The molecule has 3 N–H and O–H groups in total. The minimum Gasteiger partial charge on any atom is -0.381 e. The van der Waals surface area contributed by atoms with Crippen LogP contribution in [0.25, 0.3) is 0 Å². The Labute approximate surface area is 126 Å². The van der Waals surface area contributed by atoms with Crippen LogP contribution in [0.2, 0.25) is 0 Å². The molecule has 120 valence electrons. The summed E-state index contributed by atoms with van der Waals surface area (Å²) >= 11 is 0. The SMILES string of the molecule is Cn1cc(S(=O)(=O)NC2CCN(C(C)(C)C)CC2)c(N)n1. The van der Waals surface area contributed by atoms with Crippen molar-refractivity contribution in [1.29, 1.82) is 0 Å². The van der Waals surface area contributed by atoms with Gasteiger partial charge in [0.1, 0.15) is 4.90 Å². The maximum atomic E-state index is 12.4. The zero-order chi connectivity index (χ0) is 15.8. The van der Waals surface area contributed by atoms with E-state index in [1.54, 1.807) is 7.05 Å². The fourth-order valence-corrected chi connectivity index (χ4v) is 4.05. The quantitative estimate of drug-likeness (QED) is 0.849. The number of nitrogens with zero attached hydrogens (tertiary/aromatic N) is 3. The number of hydrogen-bond donors (Lipinski definition) is 2. The van der Waals surface area contributed by atoms with Crippen LogP contribution >= 0.6 is 0 Å². The van der Waals surface area contributed by atoms with E-state index in [2.05, 4.69) is 35.5 Å². The first-order valence-electron chi connectivity index (χ1n) is 7.16. The van der Waals surface area contributed by atoms with E-state index in [-0.39, 0.29) is 22.3 Å².